The molecule has 0 amide bonds. The molecule has 1 rings (SSSR count). The van der Waals surface area contributed by atoms with Crippen LogP contribution in [0.25, 0.3) is 0 Å². The van der Waals surface area contributed by atoms with Crippen LogP contribution in [0.3, 0.4) is 0 Å². The molecule has 0 atom stereocenters. The first-order valence-corrected chi connectivity index (χ1v) is 5.23. The fourth-order valence-electron chi connectivity index (χ4n) is 1.73. The predicted octanol–water partition coefficient (Wildman–Crippen LogP) is 1.61. The van der Waals surface area contributed by atoms with Crippen molar-refractivity contribution in [3.63, 3.8) is 0 Å². The van der Waals surface area contributed by atoms with E-state index in [-0.39, 0.29) is 11.5 Å². The van der Waals surface area contributed by atoms with Gasteiger partial charge in [-0.2, -0.15) is 0 Å². The Morgan fingerprint density at radius 3 is 2.62 bits per heavy atom. The lowest BCUT2D eigenvalue weighted by Crippen LogP contribution is -2.36. The van der Waals surface area contributed by atoms with Crippen LogP contribution in [0.1, 0.15) is 19.4 Å². The summed E-state index contributed by atoms with van der Waals surface area (Å²) in [4.78, 5) is 1.86. The van der Waals surface area contributed by atoms with Gasteiger partial charge in [-0.1, -0.05) is 12.1 Å². The summed E-state index contributed by atoms with van der Waals surface area (Å²) < 4.78 is 13.6. The van der Waals surface area contributed by atoms with E-state index in [2.05, 4.69) is 0 Å². The number of likely N-dealkylation sites (N-methyl/N-ethyl adjacent to an activating group) is 1. The van der Waals surface area contributed by atoms with E-state index in [1.165, 1.54) is 6.07 Å². The number of hydrogen-bond donors (Lipinski definition) is 2. The Kier molecular flexibility index (Phi) is 3.88. The lowest BCUT2D eigenvalue weighted by molar-refractivity contribution is 0.0422. The molecule has 0 bridgehead atoms. The summed E-state index contributed by atoms with van der Waals surface area (Å²) in [5.74, 6) is -0.370. The Morgan fingerprint density at radius 1 is 1.44 bits per heavy atom. The quantitative estimate of drug-likeness (QED) is 0.767. The molecule has 0 heterocycles. The average Bonchev–Trinajstić information content (AvgIpc) is 2.09. The SMILES string of the molecule is CN(Cc1cccc(N)c1F)CC(C)(C)O. The molecule has 0 fully saturated rings. The predicted molar refractivity (Wildman–Crippen MR) is 63.4 cm³/mol. The first-order chi connectivity index (χ1) is 7.29. The number of aliphatic hydroxyl groups is 1. The largest absolute Gasteiger partial charge is 0.396 e. The second-order valence-electron chi connectivity index (χ2n) is 4.81. The van der Waals surface area contributed by atoms with Crippen molar-refractivity contribution < 1.29 is 9.50 Å². The highest BCUT2D eigenvalue weighted by atomic mass is 19.1. The molecular weight excluding hydrogens is 207 g/mol. The molecule has 0 aliphatic rings. The van der Waals surface area contributed by atoms with Crippen LogP contribution in [0.15, 0.2) is 18.2 Å². The van der Waals surface area contributed by atoms with E-state index in [0.29, 0.717) is 18.7 Å². The number of hydrogen-bond acceptors (Lipinski definition) is 3. The van der Waals surface area contributed by atoms with Crippen molar-refractivity contribution in [2.75, 3.05) is 19.3 Å². The maximum atomic E-state index is 13.6. The van der Waals surface area contributed by atoms with Gasteiger partial charge in [0.25, 0.3) is 0 Å². The third-order valence-corrected chi connectivity index (χ3v) is 2.21. The Bertz CT molecular complexity index is 361. The highest BCUT2D eigenvalue weighted by Gasteiger charge is 2.16. The molecule has 0 unspecified atom stereocenters. The van der Waals surface area contributed by atoms with Crippen LogP contribution in [0, 0.1) is 5.82 Å². The van der Waals surface area contributed by atoms with Gasteiger partial charge in [0.2, 0.25) is 0 Å². The monoisotopic (exact) mass is 226 g/mol. The van der Waals surface area contributed by atoms with Crippen molar-refractivity contribution >= 4 is 5.69 Å². The number of halogens is 1. The number of nitrogens with zero attached hydrogens (tertiary/aromatic N) is 1. The van der Waals surface area contributed by atoms with Crippen LogP contribution < -0.4 is 5.73 Å². The van der Waals surface area contributed by atoms with E-state index in [1.807, 2.05) is 11.9 Å². The van der Waals surface area contributed by atoms with Gasteiger partial charge in [-0.15, -0.1) is 0 Å². The number of rotatable bonds is 4. The maximum Gasteiger partial charge on any atom is 0.150 e. The highest BCUT2D eigenvalue weighted by Crippen LogP contribution is 2.16. The molecule has 3 N–H and O–H groups in total. The zero-order valence-electron chi connectivity index (χ0n) is 10.00. The van der Waals surface area contributed by atoms with Gasteiger partial charge in [-0.3, -0.25) is 4.90 Å². The van der Waals surface area contributed by atoms with Gasteiger partial charge in [0.05, 0.1) is 11.3 Å². The van der Waals surface area contributed by atoms with E-state index < -0.39 is 5.60 Å². The Balaban J connectivity index is 2.70. The number of nitrogens with two attached hydrogens (primary N) is 1. The van der Waals surface area contributed by atoms with Crippen molar-refractivity contribution in [3.05, 3.63) is 29.6 Å². The molecular formula is C12H19FN2O. The van der Waals surface area contributed by atoms with Crippen molar-refractivity contribution in [2.24, 2.45) is 0 Å². The molecule has 1 aromatic rings. The van der Waals surface area contributed by atoms with Gasteiger partial charge >= 0.3 is 0 Å². The minimum atomic E-state index is -0.786. The lowest BCUT2D eigenvalue weighted by Gasteiger charge is -2.25. The van der Waals surface area contributed by atoms with Gasteiger partial charge in [-0.25, -0.2) is 4.39 Å². The Labute approximate surface area is 95.7 Å². The van der Waals surface area contributed by atoms with Crippen LogP contribution in [0.4, 0.5) is 10.1 Å². The van der Waals surface area contributed by atoms with E-state index in [9.17, 15) is 9.50 Å². The van der Waals surface area contributed by atoms with Crippen LogP contribution in [-0.4, -0.2) is 29.2 Å². The molecule has 16 heavy (non-hydrogen) atoms. The van der Waals surface area contributed by atoms with Crippen molar-refractivity contribution in [1.82, 2.24) is 4.90 Å². The molecule has 0 aliphatic carbocycles. The zero-order chi connectivity index (χ0) is 12.3. The maximum absolute atomic E-state index is 13.6. The lowest BCUT2D eigenvalue weighted by atomic mass is 10.1. The summed E-state index contributed by atoms with van der Waals surface area (Å²) in [5.41, 5.74) is 5.40. The Morgan fingerprint density at radius 2 is 2.06 bits per heavy atom. The molecule has 0 radical (unpaired) electrons. The average molecular weight is 226 g/mol. The third-order valence-electron chi connectivity index (χ3n) is 2.21. The second-order valence-corrected chi connectivity index (χ2v) is 4.81. The van der Waals surface area contributed by atoms with Crippen LogP contribution in [0.2, 0.25) is 0 Å². The second kappa shape index (κ2) is 4.80. The molecule has 1 aromatic carbocycles. The third kappa shape index (κ3) is 3.79. The van der Waals surface area contributed by atoms with Gasteiger partial charge in [0.15, 0.2) is 5.82 Å². The first-order valence-electron chi connectivity index (χ1n) is 5.23. The first kappa shape index (κ1) is 12.9. The van der Waals surface area contributed by atoms with Gasteiger partial charge in [0.1, 0.15) is 0 Å². The number of nitrogen functional groups attached to an aromatic ring is 1. The fourth-order valence-corrected chi connectivity index (χ4v) is 1.73. The normalized spacial score (nSPS) is 12.1. The summed E-state index contributed by atoms with van der Waals surface area (Å²) in [6, 6.07) is 4.97. The molecule has 0 aliphatic heterocycles. The van der Waals surface area contributed by atoms with Crippen LogP contribution in [0.5, 0.6) is 0 Å². The standard InChI is InChI=1S/C12H19FN2O/c1-12(2,16)8-15(3)7-9-5-4-6-10(14)11(9)13/h4-6,16H,7-8,14H2,1-3H3. The van der Waals surface area contributed by atoms with E-state index in [1.54, 1.807) is 26.0 Å². The minimum Gasteiger partial charge on any atom is -0.396 e. The molecule has 90 valence electrons. The zero-order valence-corrected chi connectivity index (χ0v) is 10.00. The summed E-state index contributed by atoms with van der Waals surface area (Å²) in [6.07, 6.45) is 0. The van der Waals surface area contributed by atoms with Crippen LogP contribution >= 0.6 is 0 Å². The van der Waals surface area contributed by atoms with E-state index in [0.717, 1.165) is 0 Å². The molecule has 0 saturated heterocycles. The van der Waals surface area contributed by atoms with E-state index >= 15 is 0 Å². The number of benzene rings is 1. The van der Waals surface area contributed by atoms with Gasteiger partial charge in [-0.05, 0) is 27.0 Å². The van der Waals surface area contributed by atoms with Gasteiger partial charge in [0, 0.05) is 18.7 Å². The molecule has 3 nitrogen and oxygen atoms in total. The molecule has 0 saturated carbocycles. The minimum absolute atomic E-state index is 0.161. The highest BCUT2D eigenvalue weighted by molar-refractivity contribution is 5.42. The molecule has 0 spiro atoms. The van der Waals surface area contributed by atoms with E-state index in [4.69, 9.17) is 5.73 Å². The van der Waals surface area contributed by atoms with Crippen molar-refractivity contribution in [2.45, 2.75) is 26.0 Å². The summed E-state index contributed by atoms with van der Waals surface area (Å²) in [5, 5.41) is 9.63. The molecule has 4 heteroatoms. The van der Waals surface area contributed by atoms with Crippen molar-refractivity contribution in [3.8, 4) is 0 Å². The molecule has 0 aromatic heterocycles. The van der Waals surface area contributed by atoms with Crippen LogP contribution in [-0.2, 0) is 6.54 Å². The number of anilines is 1. The van der Waals surface area contributed by atoms with Gasteiger partial charge < -0.3 is 10.8 Å². The fraction of sp³-hybridized carbons (Fsp3) is 0.500. The smallest absolute Gasteiger partial charge is 0.150 e. The summed E-state index contributed by atoms with van der Waals surface area (Å²) in [7, 11) is 1.83. The topological polar surface area (TPSA) is 49.5 Å². The van der Waals surface area contributed by atoms with Crippen molar-refractivity contribution in [1.29, 1.82) is 0 Å². The summed E-state index contributed by atoms with van der Waals surface area (Å²) in [6.45, 7) is 4.35. The Hall–Kier alpha value is -1.13. The summed E-state index contributed by atoms with van der Waals surface area (Å²) >= 11 is 0.